The van der Waals surface area contributed by atoms with Gasteiger partial charge in [0, 0.05) is 18.9 Å². The molecule has 98 valence electrons. The van der Waals surface area contributed by atoms with Crippen LogP contribution in [0.1, 0.15) is 25.8 Å². The van der Waals surface area contributed by atoms with E-state index in [4.69, 9.17) is 5.11 Å². The Balaban J connectivity index is 2.49. The van der Waals surface area contributed by atoms with Crippen LogP contribution in [0.2, 0.25) is 0 Å². The van der Waals surface area contributed by atoms with E-state index in [1.54, 1.807) is 31.5 Å². The van der Waals surface area contributed by atoms with E-state index in [0.717, 1.165) is 5.56 Å². The van der Waals surface area contributed by atoms with E-state index in [9.17, 15) is 9.59 Å². The Labute approximate surface area is 105 Å². The summed E-state index contributed by atoms with van der Waals surface area (Å²) in [5.41, 5.74) is -0.351. The first-order chi connectivity index (χ1) is 8.48. The maximum absolute atomic E-state index is 11.6. The number of hydrogen-bond acceptors (Lipinski definition) is 3. The molecule has 0 aliphatic heterocycles. The molecule has 6 heteroatoms. The third-order valence-corrected chi connectivity index (χ3v) is 2.77. The number of aromatic nitrogens is 1. The van der Waals surface area contributed by atoms with E-state index < -0.39 is 17.5 Å². The van der Waals surface area contributed by atoms with Crippen LogP contribution < -0.4 is 10.6 Å². The predicted molar refractivity (Wildman–Crippen MR) is 65.9 cm³/mol. The molecule has 6 nitrogen and oxygen atoms in total. The van der Waals surface area contributed by atoms with E-state index in [0.29, 0.717) is 13.0 Å². The summed E-state index contributed by atoms with van der Waals surface area (Å²) in [5, 5.41) is 14.1. The lowest BCUT2D eigenvalue weighted by Crippen LogP contribution is -2.54. The van der Waals surface area contributed by atoms with Crippen LogP contribution in [0.5, 0.6) is 0 Å². The van der Waals surface area contributed by atoms with Crippen LogP contribution in [0.15, 0.2) is 24.5 Å². The van der Waals surface area contributed by atoms with Crippen LogP contribution in [-0.4, -0.2) is 27.6 Å². The normalized spacial score (nSPS) is 13.4. The van der Waals surface area contributed by atoms with Crippen molar-refractivity contribution in [3.05, 3.63) is 30.1 Å². The molecule has 0 spiro atoms. The molecule has 1 aromatic rings. The van der Waals surface area contributed by atoms with Crippen molar-refractivity contribution in [1.29, 1.82) is 0 Å². The van der Waals surface area contributed by atoms with Gasteiger partial charge in [-0.3, -0.25) is 4.98 Å². The molecule has 1 unspecified atom stereocenters. The van der Waals surface area contributed by atoms with Gasteiger partial charge in [0.2, 0.25) is 0 Å². The third kappa shape index (κ3) is 3.73. The highest BCUT2D eigenvalue weighted by atomic mass is 16.4. The zero-order valence-electron chi connectivity index (χ0n) is 10.4. The smallest absolute Gasteiger partial charge is 0.329 e. The van der Waals surface area contributed by atoms with Gasteiger partial charge >= 0.3 is 12.0 Å². The first-order valence-electron chi connectivity index (χ1n) is 5.66. The van der Waals surface area contributed by atoms with Crippen LogP contribution in [0.4, 0.5) is 4.79 Å². The zero-order valence-corrected chi connectivity index (χ0v) is 10.4. The van der Waals surface area contributed by atoms with Gasteiger partial charge in [-0.2, -0.15) is 0 Å². The lowest BCUT2D eigenvalue weighted by molar-refractivity contribution is -0.143. The molecule has 0 saturated heterocycles. The number of carbonyl (C=O) groups is 2. The van der Waals surface area contributed by atoms with E-state index in [1.165, 1.54) is 6.92 Å². The summed E-state index contributed by atoms with van der Waals surface area (Å²) in [6, 6.07) is 3.05. The second kappa shape index (κ2) is 6.00. The first kappa shape index (κ1) is 14.0. The quantitative estimate of drug-likeness (QED) is 0.731. The molecular weight excluding hydrogens is 234 g/mol. The summed E-state index contributed by atoms with van der Waals surface area (Å²) in [5.74, 6) is -1.05. The summed E-state index contributed by atoms with van der Waals surface area (Å²) in [6.07, 6.45) is 3.57. The molecule has 0 fully saturated rings. The van der Waals surface area contributed by atoms with Crippen molar-refractivity contribution in [2.24, 2.45) is 0 Å². The number of pyridine rings is 1. The highest BCUT2D eigenvalue weighted by Gasteiger charge is 2.32. The monoisotopic (exact) mass is 251 g/mol. The van der Waals surface area contributed by atoms with Gasteiger partial charge in [-0.05, 0) is 31.0 Å². The fourth-order valence-corrected chi connectivity index (χ4v) is 1.27. The van der Waals surface area contributed by atoms with E-state index >= 15 is 0 Å². The van der Waals surface area contributed by atoms with Crippen molar-refractivity contribution in [2.45, 2.75) is 32.4 Å². The van der Waals surface area contributed by atoms with Crippen LogP contribution in [0, 0.1) is 0 Å². The number of carboxylic acid groups (broad SMARTS) is 1. The number of urea groups is 1. The fourth-order valence-electron chi connectivity index (χ4n) is 1.27. The minimum atomic E-state index is -1.25. The Kier molecular flexibility index (Phi) is 4.65. The Morgan fingerprint density at radius 3 is 2.50 bits per heavy atom. The number of aliphatic carboxylic acids is 1. The minimum absolute atomic E-state index is 0.311. The SMILES string of the molecule is CCC(C)(NC(=O)NCc1ccncc1)C(=O)O. The molecule has 18 heavy (non-hydrogen) atoms. The standard InChI is InChI=1S/C12H17N3O3/c1-3-12(2,10(16)17)15-11(18)14-8-9-4-6-13-7-5-9/h4-7H,3,8H2,1-2H3,(H,16,17)(H2,14,15,18). The highest BCUT2D eigenvalue weighted by molar-refractivity contribution is 5.85. The zero-order chi connectivity index (χ0) is 13.6. The predicted octanol–water partition coefficient (Wildman–Crippen LogP) is 1.13. The number of rotatable bonds is 5. The summed E-state index contributed by atoms with van der Waals surface area (Å²) in [7, 11) is 0. The largest absolute Gasteiger partial charge is 0.480 e. The molecule has 0 aromatic carbocycles. The van der Waals surface area contributed by atoms with Crippen LogP contribution in [0.3, 0.4) is 0 Å². The molecule has 1 atom stereocenters. The first-order valence-corrected chi connectivity index (χ1v) is 5.66. The van der Waals surface area contributed by atoms with Crippen LogP contribution >= 0.6 is 0 Å². The number of nitrogens with one attached hydrogen (secondary N) is 2. The van der Waals surface area contributed by atoms with Crippen molar-refractivity contribution in [1.82, 2.24) is 15.6 Å². The van der Waals surface area contributed by atoms with Crippen molar-refractivity contribution in [2.75, 3.05) is 0 Å². The lowest BCUT2D eigenvalue weighted by atomic mass is 10.00. The van der Waals surface area contributed by atoms with Crippen molar-refractivity contribution in [3.8, 4) is 0 Å². The number of carboxylic acids is 1. The Bertz CT molecular complexity index is 422. The average molecular weight is 251 g/mol. The molecule has 1 heterocycles. The Morgan fingerprint density at radius 1 is 1.39 bits per heavy atom. The lowest BCUT2D eigenvalue weighted by Gasteiger charge is -2.24. The number of carbonyl (C=O) groups excluding carboxylic acids is 1. The average Bonchev–Trinajstić information content (AvgIpc) is 2.37. The van der Waals surface area contributed by atoms with Gasteiger partial charge < -0.3 is 15.7 Å². The second-order valence-electron chi connectivity index (χ2n) is 4.15. The van der Waals surface area contributed by atoms with Crippen molar-refractivity contribution in [3.63, 3.8) is 0 Å². The Hall–Kier alpha value is -2.11. The molecule has 3 N–H and O–H groups in total. The van der Waals surface area contributed by atoms with Crippen molar-refractivity contribution < 1.29 is 14.7 Å². The molecule has 1 aromatic heterocycles. The minimum Gasteiger partial charge on any atom is -0.480 e. The van der Waals surface area contributed by atoms with Crippen LogP contribution in [0.25, 0.3) is 0 Å². The van der Waals surface area contributed by atoms with Crippen molar-refractivity contribution >= 4 is 12.0 Å². The van der Waals surface area contributed by atoms with Gasteiger partial charge in [-0.1, -0.05) is 6.92 Å². The summed E-state index contributed by atoms with van der Waals surface area (Å²) >= 11 is 0. The van der Waals surface area contributed by atoms with Gasteiger partial charge in [0.15, 0.2) is 0 Å². The van der Waals surface area contributed by atoms with E-state index in [2.05, 4.69) is 15.6 Å². The topological polar surface area (TPSA) is 91.3 Å². The number of amides is 2. The van der Waals surface area contributed by atoms with E-state index in [-0.39, 0.29) is 0 Å². The second-order valence-corrected chi connectivity index (χ2v) is 4.15. The van der Waals surface area contributed by atoms with E-state index in [1.807, 2.05) is 0 Å². The van der Waals surface area contributed by atoms with Gasteiger partial charge in [0.25, 0.3) is 0 Å². The molecule has 0 aliphatic carbocycles. The molecule has 0 bridgehead atoms. The summed E-state index contributed by atoms with van der Waals surface area (Å²) < 4.78 is 0. The maximum Gasteiger partial charge on any atom is 0.329 e. The number of hydrogen-bond donors (Lipinski definition) is 3. The maximum atomic E-state index is 11.6. The molecular formula is C12H17N3O3. The molecule has 1 rings (SSSR count). The highest BCUT2D eigenvalue weighted by Crippen LogP contribution is 2.08. The summed E-state index contributed by atoms with van der Waals surface area (Å²) in [4.78, 5) is 26.5. The van der Waals surface area contributed by atoms with Gasteiger partial charge in [0.05, 0.1) is 0 Å². The Morgan fingerprint density at radius 2 is 2.00 bits per heavy atom. The summed E-state index contributed by atoms with van der Waals surface area (Å²) in [6.45, 7) is 3.51. The van der Waals surface area contributed by atoms with Gasteiger partial charge in [-0.25, -0.2) is 9.59 Å². The van der Waals surface area contributed by atoms with Gasteiger partial charge in [-0.15, -0.1) is 0 Å². The number of nitrogens with zero attached hydrogens (tertiary/aromatic N) is 1. The molecule has 0 saturated carbocycles. The molecule has 2 amide bonds. The third-order valence-electron chi connectivity index (χ3n) is 2.77. The van der Waals surface area contributed by atoms with Gasteiger partial charge in [0.1, 0.15) is 5.54 Å². The fraction of sp³-hybridized carbons (Fsp3) is 0.417. The van der Waals surface area contributed by atoms with Crippen LogP contribution in [-0.2, 0) is 11.3 Å². The molecule has 0 radical (unpaired) electrons. The molecule has 0 aliphatic rings.